The second-order valence-corrected chi connectivity index (χ2v) is 5.58. The maximum absolute atomic E-state index is 10.00. The largest absolute Gasteiger partial charge is 0.394 e. The molecule has 0 amide bonds. The van der Waals surface area contributed by atoms with E-state index in [2.05, 4.69) is 0 Å². The molecule has 11 nitrogen and oxygen atoms in total. The summed E-state index contributed by atoms with van der Waals surface area (Å²) in [5, 5.41) is 76.5. The van der Waals surface area contributed by atoms with Gasteiger partial charge in [0.15, 0.2) is 6.29 Å². The number of hydrogen-bond donors (Lipinski definition) is 8. The summed E-state index contributed by atoms with van der Waals surface area (Å²) in [4.78, 5) is 0. The number of aliphatic hydroxyl groups excluding tert-OH is 7. The molecule has 0 bridgehead atoms. The van der Waals surface area contributed by atoms with Gasteiger partial charge in [0.1, 0.15) is 42.7 Å². The Labute approximate surface area is 130 Å². The zero-order valence-electron chi connectivity index (χ0n) is 12.0. The van der Waals surface area contributed by atoms with Gasteiger partial charge in [-0.05, 0) is 0 Å². The van der Waals surface area contributed by atoms with Crippen LogP contribution in [0.4, 0.5) is 0 Å². The van der Waals surface area contributed by atoms with Crippen molar-refractivity contribution in [3.63, 3.8) is 0 Å². The Bertz CT molecular complexity index is 393. The molecule has 3 unspecified atom stereocenters. The molecule has 2 rings (SSSR count). The Hall–Kier alpha value is -0.440. The number of ether oxygens (including phenoxy) is 3. The van der Waals surface area contributed by atoms with Crippen molar-refractivity contribution in [1.82, 2.24) is 0 Å². The van der Waals surface area contributed by atoms with Crippen molar-refractivity contribution < 1.29 is 55.1 Å². The van der Waals surface area contributed by atoms with E-state index in [1.165, 1.54) is 0 Å². The van der Waals surface area contributed by atoms with Gasteiger partial charge in [-0.15, -0.1) is 0 Å². The van der Waals surface area contributed by atoms with Crippen molar-refractivity contribution in [2.24, 2.45) is 0 Å². The first kappa shape index (κ1) is 18.9. The normalized spacial score (nSPS) is 51.1. The predicted molar refractivity (Wildman–Crippen MR) is 68.6 cm³/mol. The van der Waals surface area contributed by atoms with E-state index in [1.54, 1.807) is 0 Å². The van der Waals surface area contributed by atoms with Crippen LogP contribution in [-0.4, -0.2) is 115 Å². The number of rotatable bonds is 5. The minimum atomic E-state index is -2.37. The van der Waals surface area contributed by atoms with Crippen molar-refractivity contribution >= 4 is 0 Å². The Morgan fingerprint density at radius 3 is 2.00 bits per heavy atom. The second-order valence-electron chi connectivity index (χ2n) is 5.58. The van der Waals surface area contributed by atoms with Crippen LogP contribution in [0.25, 0.3) is 0 Å². The smallest absolute Gasteiger partial charge is 0.219 e. The average molecular weight is 342 g/mol. The molecule has 0 spiro atoms. The van der Waals surface area contributed by atoms with E-state index < -0.39 is 74.6 Å². The van der Waals surface area contributed by atoms with E-state index in [4.69, 9.17) is 24.4 Å². The Morgan fingerprint density at radius 1 is 0.870 bits per heavy atom. The van der Waals surface area contributed by atoms with Crippen LogP contribution >= 0.6 is 0 Å². The van der Waals surface area contributed by atoms with E-state index in [0.717, 1.165) is 0 Å². The predicted octanol–water partition coefficient (Wildman–Crippen LogP) is -5.40. The summed E-state index contributed by atoms with van der Waals surface area (Å²) >= 11 is 0. The third-order valence-electron chi connectivity index (χ3n) is 4.04. The van der Waals surface area contributed by atoms with E-state index >= 15 is 0 Å². The highest BCUT2D eigenvalue weighted by Gasteiger charge is 2.56. The summed E-state index contributed by atoms with van der Waals surface area (Å²) in [6, 6.07) is 0. The molecule has 2 aliphatic heterocycles. The maximum Gasteiger partial charge on any atom is 0.219 e. The van der Waals surface area contributed by atoms with Gasteiger partial charge < -0.3 is 55.1 Å². The second kappa shape index (κ2) is 7.21. The van der Waals surface area contributed by atoms with Gasteiger partial charge in [0.05, 0.1) is 19.8 Å². The first-order valence-corrected chi connectivity index (χ1v) is 7.05. The minimum absolute atomic E-state index is 0.668. The first-order valence-electron chi connectivity index (χ1n) is 7.05. The van der Waals surface area contributed by atoms with Gasteiger partial charge in [-0.25, -0.2) is 0 Å². The third-order valence-corrected chi connectivity index (χ3v) is 4.04. The van der Waals surface area contributed by atoms with Gasteiger partial charge in [0.2, 0.25) is 5.79 Å². The molecule has 136 valence electrons. The Kier molecular flexibility index (Phi) is 5.92. The summed E-state index contributed by atoms with van der Waals surface area (Å²) in [5.41, 5.74) is 0. The molecule has 0 radical (unpaired) electrons. The highest BCUT2D eigenvalue weighted by molar-refractivity contribution is 4.98. The fourth-order valence-corrected chi connectivity index (χ4v) is 2.63. The zero-order valence-corrected chi connectivity index (χ0v) is 12.0. The molecule has 0 aromatic carbocycles. The molecule has 2 heterocycles. The van der Waals surface area contributed by atoms with Crippen LogP contribution in [0, 0.1) is 0 Å². The number of hydrogen-bond acceptors (Lipinski definition) is 11. The van der Waals surface area contributed by atoms with Crippen LogP contribution in [0.5, 0.6) is 0 Å². The highest BCUT2D eigenvalue weighted by Crippen LogP contribution is 2.33. The molecule has 2 saturated heterocycles. The van der Waals surface area contributed by atoms with Crippen LogP contribution in [-0.2, 0) is 14.2 Å². The standard InChI is InChI=1S/C12H22O11/c13-1-4-6(16)7(17)8(18)11(21-4)22-9-5(2-14)23-12(20,3-15)10(9)19/h4-11,13-20H,1-3H2/t4?,5-,6-,7+,8?,9+,10?,11+,12+/m1/s1. The summed E-state index contributed by atoms with van der Waals surface area (Å²) in [7, 11) is 0. The summed E-state index contributed by atoms with van der Waals surface area (Å²) in [6.07, 6.45) is -12.2. The quantitative estimate of drug-likeness (QED) is 0.238. The average Bonchev–Trinajstić information content (AvgIpc) is 2.80. The molecule has 0 aromatic rings. The lowest BCUT2D eigenvalue weighted by Gasteiger charge is -2.41. The minimum Gasteiger partial charge on any atom is -0.394 e. The number of aliphatic hydroxyl groups is 8. The van der Waals surface area contributed by atoms with Gasteiger partial charge in [-0.2, -0.15) is 0 Å². The lowest BCUT2D eigenvalue weighted by molar-refractivity contribution is -0.318. The van der Waals surface area contributed by atoms with Gasteiger partial charge in [-0.1, -0.05) is 0 Å². The fourth-order valence-electron chi connectivity index (χ4n) is 2.63. The van der Waals surface area contributed by atoms with Crippen LogP contribution < -0.4 is 0 Å². The Morgan fingerprint density at radius 2 is 1.48 bits per heavy atom. The highest BCUT2D eigenvalue weighted by atomic mass is 16.7. The van der Waals surface area contributed by atoms with E-state index in [-0.39, 0.29) is 0 Å². The van der Waals surface area contributed by atoms with Crippen LogP contribution in [0.1, 0.15) is 0 Å². The monoisotopic (exact) mass is 342 g/mol. The molecular formula is C12H22O11. The topological polar surface area (TPSA) is 190 Å². The van der Waals surface area contributed by atoms with Gasteiger partial charge >= 0.3 is 0 Å². The molecule has 11 heteroatoms. The molecule has 8 N–H and O–H groups in total. The van der Waals surface area contributed by atoms with Crippen molar-refractivity contribution in [1.29, 1.82) is 0 Å². The molecule has 2 aliphatic rings. The fraction of sp³-hybridized carbons (Fsp3) is 1.00. The van der Waals surface area contributed by atoms with Crippen LogP contribution in [0.2, 0.25) is 0 Å². The molecule has 0 aromatic heterocycles. The van der Waals surface area contributed by atoms with E-state index in [1.807, 2.05) is 0 Å². The molecule has 9 atom stereocenters. The van der Waals surface area contributed by atoms with Crippen LogP contribution in [0.3, 0.4) is 0 Å². The maximum atomic E-state index is 10.00. The summed E-state index contributed by atoms with van der Waals surface area (Å²) in [5.74, 6) is -2.37. The van der Waals surface area contributed by atoms with Gasteiger partial charge in [0, 0.05) is 0 Å². The molecule has 2 fully saturated rings. The van der Waals surface area contributed by atoms with Crippen molar-refractivity contribution in [3.05, 3.63) is 0 Å². The lowest BCUT2D eigenvalue weighted by atomic mass is 9.99. The van der Waals surface area contributed by atoms with Gasteiger partial charge in [-0.3, -0.25) is 0 Å². The van der Waals surface area contributed by atoms with E-state index in [0.29, 0.717) is 0 Å². The molecule has 0 aliphatic carbocycles. The van der Waals surface area contributed by atoms with Crippen molar-refractivity contribution in [2.75, 3.05) is 19.8 Å². The molecular weight excluding hydrogens is 320 g/mol. The summed E-state index contributed by atoms with van der Waals surface area (Å²) < 4.78 is 15.3. The van der Waals surface area contributed by atoms with E-state index in [9.17, 15) is 30.6 Å². The summed E-state index contributed by atoms with van der Waals surface area (Å²) in [6.45, 7) is -2.32. The SMILES string of the molecule is OCC1O[C@@H](O[C@@H]2C(O)[C@](O)(CO)O[C@@H]2CO)C(O)[C@@H](O)[C@@H]1O. The Balaban J connectivity index is 2.13. The third kappa shape index (κ3) is 3.36. The van der Waals surface area contributed by atoms with Crippen LogP contribution in [0.15, 0.2) is 0 Å². The van der Waals surface area contributed by atoms with Crippen molar-refractivity contribution in [3.8, 4) is 0 Å². The van der Waals surface area contributed by atoms with Crippen molar-refractivity contribution in [2.45, 2.75) is 54.8 Å². The molecule has 23 heavy (non-hydrogen) atoms. The lowest BCUT2D eigenvalue weighted by Crippen LogP contribution is -2.60. The molecule has 0 saturated carbocycles. The van der Waals surface area contributed by atoms with Gasteiger partial charge in [0.25, 0.3) is 0 Å². The first-order chi connectivity index (χ1) is 10.8. The zero-order chi connectivity index (χ0) is 17.4.